The van der Waals surface area contributed by atoms with Crippen molar-refractivity contribution in [2.24, 2.45) is 0 Å². The predicted octanol–water partition coefficient (Wildman–Crippen LogP) is 4.99. The van der Waals surface area contributed by atoms with Gasteiger partial charge in [0.2, 0.25) is 0 Å². The van der Waals surface area contributed by atoms with Crippen molar-refractivity contribution in [2.75, 3.05) is 9.80 Å². The number of benzene rings is 1. The summed E-state index contributed by atoms with van der Waals surface area (Å²) in [5.74, 6) is -2.52. The first kappa shape index (κ1) is 21.9. The summed E-state index contributed by atoms with van der Waals surface area (Å²) in [7, 11) is 0. The number of thiocarbonyl (C=S) groups is 1. The van der Waals surface area contributed by atoms with Gasteiger partial charge in [0.15, 0.2) is 10.9 Å². The molecular weight excluding hydrogens is 444 g/mol. The molecule has 1 aliphatic heterocycles. The van der Waals surface area contributed by atoms with E-state index in [1.54, 1.807) is 6.92 Å². The van der Waals surface area contributed by atoms with Crippen LogP contribution in [0.1, 0.15) is 30.7 Å². The number of hydrogen-bond acceptors (Lipinski definition) is 4. The standard InChI is InChI=1S/C19H13ClF4N4OS/c1-9-6-11(20)13(8-26-9)28-17(30)27(16(29)18(28,2)3)12-5-4-10(7-25)14(15(12)21)19(22,23)24/h4-6,8H,1-3H3. The van der Waals surface area contributed by atoms with Crippen LogP contribution < -0.4 is 9.80 Å². The van der Waals surface area contributed by atoms with Crippen LogP contribution in [0.4, 0.5) is 28.9 Å². The molecule has 3 rings (SSSR count). The SMILES string of the molecule is Cc1cc(Cl)c(N2C(=S)N(c3ccc(C#N)c(C(F)(F)F)c3F)C(=O)C2(C)C)cn1. The van der Waals surface area contributed by atoms with Crippen molar-refractivity contribution in [2.45, 2.75) is 32.5 Å². The summed E-state index contributed by atoms with van der Waals surface area (Å²) >= 11 is 11.6. The summed E-state index contributed by atoms with van der Waals surface area (Å²) in [6.07, 6.45) is -3.77. The molecule has 1 saturated heterocycles. The van der Waals surface area contributed by atoms with Gasteiger partial charge in [-0.15, -0.1) is 0 Å². The van der Waals surface area contributed by atoms with Gasteiger partial charge in [0, 0.05) is 5.69 Å². The van der Waals surface area contributed by atoms with Crippen LogP contribution in [0.2, 0.25) is 5.02 Å². The highest BCUT2D eigenvalue weighted by atomic mass is 35.5. The topological polar surface area (TPSA) is 60.2 Å². The molecule has 2 heterocycles. The molecule has 2 aromatic rings. The van der Waals surface area contributed by atoms with Gasteiger partial charge in [-0.1, -0.05) is 11.6 Å². The quantitative estimate of drug-likeness (QED) is 0.470. The van der Waals surface area contributed by atoms with E-state index >= 15 is 0 Å². The van der Waals surface area contributed by atoms with E-state index in [1.807, 2.05) is 0 Å². The van der Waals surface area contributed by atoms with Crippen LogP contribution in [0.25, 0.3) is 0 Å². The van der Waals surface area contributed by atoms with E-state index in [4.69, 9.17) is 29.1 Å². The number of carbonyl (C=O) groups excluding carboxylic acids is 1. The lowest BCUT2D eigenvalue weighted by Gasteiger charge is -2.29. The normalized spacial score (nSPS) is 16.2. The lowest BCUT2D eigenvalue weighted by molar-refractivity contribution is -0.140. The van der Waals surface area contributed by atoms with E-state index in [0.717, 1.165) is 12.1 Å². The van der Waals surface area contributed by atoms with Crippen molar-refractivity contribution >= 4 is 46.2 Å². The van der Waals surface area contributed by atoms with Crippen molar-refractivity contribution in [3.05, 3.63) is 52.1 Å². The number of aromatic nitrogens is 1. The zero-order valence-corrected chi connectivity index (χ0v) is 17.4. The molecule has 0 saturated carbocycles. The van der Waals surface area contributed by atoms with Gasteiger partial charge in [-0.3, -0.25) is 14.7 Å². The van der Waals surface area contributed by atoms with E-state index in [0.29, 0.717) is 10.6 Å². The number of nitrogens with zero attached hydrogens (tertiary/aromatic N) is 4. The van der Waals surface area contributed by atoms with Crippen LogP contribution in [0.3, 0.4) is 0 Å². The van der Waals surface area contributed by atoms with Crippen LogP contribution >= 0.6 is 23.8 Å². The van der Waals surface area contributed by atoms with Gasteiger partial charge in [0.05, 0.1) is 34.2 Å². The lowest BCUT2D eigenvalue weighted by atomic mass is 10.0. The molecule has 0 aliphatic carbocycles. The number of alkyl halides is 3. The average molecular weight is 457 g/mol. The molecule has 0 radical (unpaired) electrons. The fourth-order valence-electron chi connectivity index (χ4n) is 3.20. The molecule has 1 aromatic heterocycles. The Labute approximate surface area is 179 Å². The van der Waals surface area contributed by atoms with Crippen molar-refractivity contribution in [3.63, 3.8) is 0 Å². The monoisotopic (exact) mass is 456 g/mol. The van der Waals surface area contributed by atoms with E-state index < -0.39 is 40.3 Å². The second kappa shape index (κ2) is 7.18. The minimum Gasteiger partial charge on any atom is -0.301 e. The largest absolute Gasteiger partial charge is 0.420 e. The number of halogens is 5. The number of carbonyl (C=O) groups is 1. The summed E-state index contributed by atoms with van der Waals surface area (Å²) in [5.41, 5.74) is -3.91. The van der Waals surface area contributed by atoms with E-state index in [-0.39, 0.29) is 15.8 Å². The summed E-state index contributed by atoms with van der Waals surface area (Å²) in [5, 5.41) is 8.88. The van der Waals surface area contributed by atoms with Gasteiger partial charge in [-0.2, -0.15) is 18.4 Å². The van der Waals surface area contributed by atoms with Crippen LogP contribution in [0.5, 0.6) is 0 Å². The Morgan fingerprint density at radius 1 is 1.27 bits per heavy atom. The Hall–Kier alpha value is -2.77. The molecule has 0 bridgehead atoms. The Kier molecular flexibility index (Phi) is 5.25. The maximum absolute atomic E-state index is 14.9. The summed E-state index contributed by atoms with van der Waals surface area (Å²) < 4.78 is 55.1. The molecule has 0 N–H and O–H groups in total. The lowest BCUT2D eigenvalue weighted by Crippen LogP contribution is -2.44. The van der Waals surface area contributed by atoms with Gasteiger partial charge in [-0.25, -0.2) is 4.39 Å². The first-order chi connectivity index (χ1) is 13.8. The fourth-order valence-corrected chi connectivity index (χ4v) is 4.00. The highest BCUT2D eigenvalue weighted by molar-refractivity contribution is 7.81. The molecule has 1 amide bonds. The first-order valence-electron chi connectivity index (χ1n) is 8.43. The van der Waals surface area contributed by atoms with Crippen LogP contribution in [0, 0.1) is 24.1 Å². The minimum absolute atomic E-state index is 0.212. The van der Waals surface area contributed by atoms with Crippen molar-refractivity contribution in [1.29, 1.82) is 5.26 Å². The van der Waals surface area contributed by atoms with Gasteiger partial charge >= 0.3 is 6.18 Å². The fraction of sp³-hybridized carbons (Fsp3) is 0.263. The molecule has 1 aliphatic rings. The number of pyridine rings is 1. The van der Waals surface area contributed by atoms with Crippen molar-refractivity contribution < 1.29 is 22.4 Å². The van der Waals surface area contributed by atoms with E-state index in [2.05, 4.69) is 4.98 Å². The molecule has 156 valence electrons. The molecule has 1 fully saturated rings. The van der Waals surface area contributed by atoms with Crippen LogP contribution in [0.15, 0.2) is 24.4 Å². The summed E-state index contributed by atoms with van der Waals surface area (Å²) in [6.45, 7) is 4.65. The molecular formula is C19H13ClF4N4OS. The van der Waals surface area contributed by atoms with Gasteiger partial charge in [-0.05, 0) is 51.2 Å². The Bertz CT molecular complexity index is 1130. The Morgan fingerprint density at radius 3 is 2.43 bits per heavy atom. The Balaban J connectivity index is 2.21. The number of amides is 1. The summed E-state index contributed by atoms with van der Waals surface area (Å²) in [4.78, 5) is 19.2. The number of rotatable bonds is 2. The molecule has 1 aromatic carbocycles. The van der Waals surface area contributed by atoms with Gasteiger partial charge < -0.3 is 4.90 Å². The molecule has 5 nitrogen and oxygen atoms in total. The smallest absolute Gasteiger partial charge is 0.301 e. The van der Waals surface area contributed by atoms with Crippen molar-refractivity contribution in [3.8, 4) is 6.07 Å². The number of nitriles is 1. The summed E-state index contributed by atoms with van der Waals surface area (Å²) in [6, 6.07) is 4.57. The zero-order valence-electron chi connectivity index (χ0n) is 15.8. The first-order valence-corrected chi connectivity index (χ1v) is 9.21. The highest BCUT2D eigenvalue weighted by Gasteiger charge is 2.52. The minimum atomic E-state index is -5.14. The van der Waals surface area contributed by atoms with E-state index in [9.17, 15) is 22.4 Å². The van der Waals surface area contributed by atoms with Gasteiger partial charge in [0.25, 0.3) is 5.91 Å². The predicted molar refractivity (Wildman–Crippen MR) is 107 cm³/mol. The second-order valence-corrected chi connectivity index (χ2v) is 7.80. The molecule has 11 heteroatoms. The third kappa shape index (κ3) is 3.28. The van der Waals surface area contributed by atoms with Crippen LogP contribution in [-0.2, 0) is 11.0 Å². The maximum atomic E-state index is 14.9. The zero-order chi connectivity index (χ0) is 22.6. The molecule has 0 unspecified atom stereocenters. The molecule has 30 heavy (non-hydrogen) atoms. The maximum Gasteiger partial charge on any atom is 0.420 e. The van der Waals surface area contributed by atoms with Crippen LogP contribution in [-0.4, -0.2) is 21.5 Å². The third-order valence-electron chi connectivity index (χ3n) is 4.65. The Morgan fingerprint density at radius 2 is 1.90 bits per heavy atom. The third-order valence-corrected chi connectivity index (χ3v) is 5.31. The molecule has 0 spiro atoms. The van der Waals surface area contributed by atoms with Crippen molar-refractivity contribution in [1.82, 2.24) is 4.98 Å². The number of aryl methyl sites for hydroxylation is 1. The number of hydrogen-bond donors (Lipinski definition) is 0. The number of anilines is 2. The highest BCUT2D eigenvalue weighted by Crippen LogP contribution is 2.43. The molecule has 0 atom stereocenters. The van der Waals surface area contributed by atoms with E-state index in [1.165, 1.54) is 37.1 Å². The average Bonchev–Trinajstić information content (AvgIpc) is 2.80. The van der Waals surface area contributed by atoms with Gasteiger partial charge in [0.1, 0.15) is 11.1 Å². The second-order valence-electron chi connectivity index (χ2n) is 7.03.